The molecule has 3 aliphatic rings. The third-order valence-corrected chi connectivity index (χ3v) is 10.6. The topological polar surface area (TPSA) is 81.2 Å². The lowest BCUT2D eigenvalue weighted by Crippen LogP contribution is -2.58. The molecular formula is C31H43N3O4S. The van der Waals surface area contributed by atoms with Crippen LogP contribution in [0.4, 0.5) is 5.69 Å². The van der Waals surface area contributed by atoms with Crippen molar-refractivity contribution in [3.63, 3.8) is 0 Å². The van der Waals surface area contributed by atoms with Crippen LogP contribution in [0.1, 0.15) is 46.5 Å². The van der Waals surface area contributed by atoms with E-state index >= 15 is 0 Å². The van der Waals surface area contributed by atoms with Gasteiger partial charge in [0.25, 0.3) is 0 Å². The Labute approximate surface area is 237 Å². The number of benzene rings is 1. The van der Waals surface area contributed by atoms with Crippen molar-refractivity contribution in [1.82, 2.24) is 9.80 Å². The number of fused-ring (bicyclic) bond motifs is 1. The number of para-hydroxylation sites is 1. The van der Waals surface area contributed by atoms with E-state index < -0.39 is 28.7 Å². The first kappa shape index (κ1) is 29.4. The molecule has 0 saturated carbocycles. The molecule has 6 atom stereocenters. The van der Waals surface area contributed by atoms with Gasteiger partial charge in [0.1, 0.15) is 6.04 Å². The first-order valence-electron chi connectivity index (χ1n) is 14.2. The van der Waals surface area contributed by atoms with Crippen LogP contribution in [0.5, 0.6) is 0 Å². The van der Waals surface area contributed by atoms with Crippen molar-refractivity contribution in [1.29, 1.82) is 0 Å². The van der Waals surface area contributed by atoms with Crippen LogP contribution in [0.2, 0.25) is 0 Å². The smallest absolute Gasteiger partial charge is 0.247 e. The van der Waals surface area contributed by atoms with E-state index in [0.29, 0.717) is 26.1 Å². The van der Waals surface area contributed by atoms with E-state index in [1.165, 1.54) is 0 Å². The molecule has 3 saturated heterocycles. The summed E-state index contributed by atoms with van der Waals surface area (Å²) in [6.07, 6.45) is 6.72. The molecule has 2 bridgehead atoms. The number of aliphatic hydroxyl groups is 1. The summed E-state index contributed by atoms with van der Waals surface area (Å²) >= 11 is 1.67. The van der Waals surface area contributed by atoms with E-state index in [0.717, 1.165) is 24.9 Å². The number of unbranched alkanes of at least 4 members (excludes halogenated alkanes) is 1. The second kappa shape index (κ2) is 12.3. The Morgan fingerprint density at radius 1 is 1.18 bits per heavy atom. The van der Waals surface area contributed by atoms with Crippen molar-refractivity contribution in [3.8, 4) is 0 Å². The number of anilines is 1. The fourth-order valence-corrected chi connectivity index (χ4v) is 9.03. The highest BCUT2D eigenvalue weighted by atomic mass is 32.2. The van der Waals surface area contributed by atoms with Crippen molar-refractivity contribution in [3.05, 3.63) is 55.6 Å². The molecule has 1 aromatic rings. The highest BCUT2D eigenvalue weighted by molar-refractivity contribution is 8.02. The van der Waals surface area contributed by atoms with E-state index in [-0.39, 0.29) is 35.5 Å². The quantitative estimate of drug-likeness (QED) is 0.372. The maximum atomic E-state index is 14.4. The summed E-state index contributed by atoms with van der Waals surface area (Å²) in [6.45, 7) is 14.9. The van der Waals surface area contributed by atoms with Gasteiger partial charge in [0.05, 0.1) is 29.2 Å². The summed E-state index contributed by atoms with van der Waals surface area (Å²) in [5.41, 5.74) is 0.770. The van der Waals surface area contributed by atoms with Gasteiger partial charge in [-0.25, -0.2) is 0 Å². The zero-order valence-corrected chi connectivity index (χ0v) is 24.3. The predicted octanol–water partition coefficient (Wildman–Crippen LogP) is 4.13. The van der Waals surface area contributed by atoms with E-state index in [9.17, 15) is 19.5 Å². The number of aliphatic hydroxyl groups excluding tert-OH is 1. The Hall–Kier alpha value is -2.58. The number of likely N-dealkylation sites (tertiary alicyclic amines) is 1. The fraction of sp³-hybridized carbons (Fsp3) is 0.581. The van der Waals surface area contributed by atoms with Crippen molar-refractivity contribution in [2.45, 2.75) is 68.5 Å². The number of hydrogen-bond acceptors (Lipinski definition) is 5. The molecule has 7 nitrogen and oxygen atoms in total. The molecular weight excluding hydrogens is 510 g/mol. The highest BCUT2D eigenvalue weighted by Gasteiger charge is 2.74. The third kappa shape index (κ3) is 5.06. The summed E-state index contributed by atoms with van der Waals surface area (Å²) in [4.78, 5) is 48.3. The summed E-state index contributed by atoms with van der Waals surface area (Å²) in [6, 6.07) is 8.27. The van der Waals surface area contributed by atoms with E-state index in [1.807, 2.05) is 49.1 Å². The van der Waals surface area contributed by atoms with Gasteiger partial charge >= 0.3 is 0 Å². The third-order valence-electron chi connectivity index (χ3n) is 8.66. The van der Waals surface area contributed by atoms with Gasteiger partial charge in [-0.2, -0.15) is 0 Å². The largest absolute Gasteiger partial charge is 0.394 e. The Morgan fingerprint density at radius 3 is 2.46 bits per heavy atom. The van der Waals surface area contributed by atoms with Gasteiger partial charge in [-0.15, -0.1) is 24.9 Å². The Morgan fingerprint density at radius 2 is 1.87 bits per heavy atom. The molecule has 0 radical (unpaired) electrons. The average Bonchev–Trinajstić information content (AvgIpc) is 3.57. The monoisotopic (exact) mass is 553 g/mol. The van der Waals surface area contributed by atoms with Crippen molar-refractivity contribution in [2.24, 2.45) is 17.8 Å². The minimum atomic E-state index is -0.719. The minimum absolute atomic E-state index is 0.0324. The Balaban J connectivity index is 1.78. The van der Waals surface area contributed by atoms with Crippen molar-refractivity contribution in [2.75, 3.05) is 31.1 Å². The van der Waals surface area contributed by atoms with Crippen LogP contribution >= 0.6 is 11.8 Å². The molecule has 1 N–H and O–H groups in total. The Bertz CT molecular complexity index is 1080. The highest BCUT2D eigenvalue weighted by Crippen LogP contribution is 2.67. The number of rotatable bonds is 13. The second-order valence-corrected chi connectivity index (χ2v) is 12.9. The van der Waals surface area contributed by atoms with E-state index in [4.69, 9.17) is 0 Å². The maximum Gasteiger partial charge on any atom is 0.247 e. The summed E-state index contributed by atoms with van der Waals surface area (Å²) < 4.78 is -0.691. The van der Waals surface area contributed by atoms with Crippen LogP contribution in [-0.2, 0) is 14.4 Å². The second-order valence-electron chi connectivity index (χ2n) is 11.3. The van der Waals surface area contributed by atoms with Crippen LogP contribution in [0.25, 0.3) is 0 Å². The number of nitrogens with zero attached hydrogens (tertiary/aromatic N) is 3. The number of carbonyl (C=O) groups excluding carboxylic acids is 3. The van der Waals surface area contributed by atoms with Crippen LogP contribution < -0.4 is 4.90 Å². The zero-order chi connectivity index (χ0) is 28.3. The van der Waals surface area contributed by atoms with Gasteiger partial charge in [0.2, 0.25) is 17.7 Å². The van der Waals surface area contributed by atoms with Gasteiger partial charge in [-0.3, -0.25) is 14.4 Å². The maximum absolute atomic E-state index is 14.4. The molecule has 0 aliphatic carbocycles. The number of carbonyl (C=O) groups is 3. The van der Waals surface area contributed by atoms with Crippen LogP contribution in [0, 0.1) is 17.8 Å². The lowest BCUT2D eigenvalue weighted by atomic mass is 9.70. The van der Waals surface area contributed by atoms with Crippen LogP contribution in [-0.4, -0.2) is 80.9 Å². The summed E-state index contributed by atoms with van der Waals surface area (Å²) in [7, 11) is 0. The molecule has 2 unspecified atom stereocenters. The molecule has 3 aliphatic heterocycles. The Kier molecular flexibility index (Phi) is 9.27. The SMILES string of the molecule is C=CCN(CCCC)C(=O)C1N([C@@H](CO)C(C)C)C(=O)[C@@H]2[C@@H](C(=O)N(CC=C)c3ccccc3)[C@H]3CCC12S3. The van der Waals surface area contributed by atoms with Gasteiger partial charge < -0.3 is 19.8 Å². The van der Waals surface area contributed by atoms with Crippen molar-refractivity contribution < 1.29 is 19.5 Å². The molecule has 4 rings (SSSR count). The van der Waals surface area contributed by atoms with E-state index in [1.54, 1.807) is 33.7 Å². The number of thioether (sulfide) groups is 1. The van der Waals surface area contributed by atoms with Crippen LogP contribution in [0.3, 0.4) is 0 Å². The minimum Gasteiger partial charge on any atom is -0.394 e. The molecule has 39 heavy (non-hydrogen) atoms. The number of amides is 3. The molecule has 1 aromatic carbocycles. The first-order valence-corrected chi connectivity index (χ1v) is 15.1. The lowest BCUT2D eigenvalue weighted by molar-refractivity contribution is -0.146. The standard InChI is InChI=1S/C31H43N3O4S/c1-6-9-19-32(17-7-2)30(38)27-31-16-15-24(39-31)25(26(31)29(37)34(27)23(20-35)21(4)5)28(36)33(18-8-3)22-13-11-10-12-14-22/h7-8,10-14,21,23-27,35H,2-3,6,9,15-20H2,1,4-5H3/t23-,24+,25-,26-,27?,31?/m0/s1. The van der Waals surface area contributed by atoms with Crippen molar-refractivity contribution >= 4 is 35.2 Å². The summed E-state index contributed by atoms with van der Waals surface area (Å²) in [5.74, 6) is -1.55. The molecule has 0 aromatic heterocycles. The predicted molar refractivity (Wildman–Crippen MR) is 157 cm³/mol. The molecule has 212 valence electrons. The number of hydrogen-bond donors (Lipinski definition) is 1. The zero-order valence-electron chi connectivity index (χ0n) is 23.5. The molecule has 3 heterocycles. The van der Waals surface area contributed by atoms with E-state index in [2.05, 4.69) is 20.1 Å². The lowest BCUT2D eigenvalue weighted by Gasteiger charge is -2.40. The molecule has 3 amide bonds. The van der Waals surface area contributed by atoms with Gasteiger partial charge in [-0.1, -0.05) is 57.5 Å². The molecule has 1 spiro atoms. The molecule has 3 fully saturated rings. The molecule has 8 heteroatoms. The van der Waals surface area contributed by atoms with Crippen LogP contribution in [0.15, 0.2) is 55.6 Å². The van der Waals surface area contributed by atoms with Gasteiger partial charge in [-0.05, 0) is 37.3 Å². The fourth-order valence-electron chi connectivity index (χ4n) is 6.84. The first-order chi connectivity index (χ1) is 18.8. The normalized spacial score (nSPS) is 27.9. The average molecular weight is 554 g/mol. The van der Waals surface area contributed by atoms with Gasteiger partial charge in [0, 0.05) is 30.6 Å². The summed E-state index contributed by atoms with van der Waals surface area (Å²) in [5, 5.41) is 10.4. The van der Waals surface area contributed by atoms with Gasteiger partial charge in [0.15, 0.2) is 0 Å².